The van der Waals surface area contributed by atoms with Gasteiger partial charge in [0.25, 0.3) is 0 Å². The molecule has 1 aromatic carbocycles. The van der Waals surface area contributed by atoms with Gasteiger partial charge < -0.3 is 0 Å². The highest BCUT2D eigenvalue weighted by Gasteiger charge is 2.22. The molecule has 4 heteroatoms. The molecule has 1 aromatic rings. The molecule has 2 nitrogen and oxygen atoms in total. The molecule has 17 heavy (non-hydrogen) atoms. The second kappa shape index (κ2) is 5.61. The van der Waals surface area contributed by atoms with Crippen molar-refractivity contribution in [3.05, 3.63) is 34.1 Å². The predicted octanol–water partition coefficient (Wildman–Crippen LogP) is 3.64. The molecule has 1 unspecified atom stereocenters. The first-order valence-corrected chi connectivity index (χ1v) is 6.60. The summed E-state index contributed by atoms with van der Waals surface area (Å²) in [6.45, 7) is 1.85. The SMILES string of the molecule is N#CC(c1ccc(Br)c(F)c1)N1CCCCC1. The summed E-state index contributed by atoms with van der Waals surface area (Å²) in [5.74, 6) is -0.306. The van der Waals surface area contributed by atoms with Crippen molar-refractivity contribution in [2.24, 2.45) is 0 Å². The van der Waals surface area contributed by atoms with Crippen LogP contribution in [0.3, 0.4) is 0 Å². The predicted molar refractivity (Wildman–Crippen MR) is 67.9 cm³/mol. The molecule has 1 heterocycles. The molecule has 1 saturated heterocycles. The van der Waals surface area contributed by atoms with E-state index in [0.717, 1.165) is 31.5 Å². The molecule has 0 aromatic heterocycles. The van der Waals surface area contributed by atoms with Crippen molar-refractivity contribution >= 4 is 15.9 Å². The zero-order valence-electron chi connectivity index (χ0n) is 9.50. The largest absolute Gasteiger partial charge is 0.284 e. The second-order valence-electron chi connectivity index (χ2n) is 4.30. The standard InChI is InChI=1S/C13H14BrFN2/c14-11-5-4-10(8-12(11)15)13(9-16)17-6-2-1-3-7-17/h4-5,8,13H,1-3,6-7H2. The molecular formula is C13H14BrFN2. The molecule has 0 saturated carbocycles. The van der Waals surface area contributed by atoms with Crippen molar-refractivity contribution in [3.8, 4) is 6.07 Å². The molecule has 1 fully saturated rings. The average molecular weight is 297 g/mol. The normalized spacial score (nSPS) is 18.6. The highest BCUT2D eigenvalue weighted by molar-refractivity contribution is 9.10. The lowest BCUT2D eigenvalue weighted by Gasteiger charge is -2.30. The summed E-state index contributed by atoms with van der Waals surface area (Å²) in [4.78, 5) is 2.13. The van der Waals surface area contributed by atoms with Gasteiger partial charge in [-0.25, -0.2) is 4.39 Å². The minimum absolute atomic E-state index is 0.306. The lowest BCUT2D eigenvalue weighted by Crippen LogP contribution is -2.33. The topological polar surface area (TPSA) is 27.0 Å². The van der Waals surface area contributed by atoms with E-state index in [1.807, 2.05) is 6.07 Å². The van der Waals surface area contributed by atoms with E-state index in [0.29, 0.717) is 4.47 Å². The molecule has 0 amide bonds. The van der Waals surface area contributed by atoms with Gasteiger partial charge >= 0.3 is 0 Å². The van der Waals surface area contributed by atoms with Crippen LogP contribution in [0.4, 0.5) is 4.39 Å². The van der Waals surface area contributed by atoms with Crippen LogP contribution in [0.2, 0.25) is 0 Å². The third-order valence-electron chi connectivity index (χ3n) is 3.14. The zero-order valence-corrected chi connectivity index (χ0v) is 11.1. The number of piperidine rings is 1. The van der Waals surface area contributed by atoms with Gasteiger partial charge in [0.15, 0.2) is 0 Å². The molecule has 0 spiro atoms. The fraction of sp³-hybridized carbons (Fsp3) is 0.462. The summed E-state index contributed by atoms with van der Waals surface area (Å²) in [7, 11) is 0. The van der Waals surface area contributed by atoms with Gasteiger partial charge in [-0.1, -0.05) is 12.5 Å². The van der Waals surface area contributed by atoms with Crippen LogP contribution in [-0.4, -0.2) is 18.0 Å². The van der Waals surface area contributed by atoms with Gasteiger partial charge in [0.05, 0.1) is 10.5 Å². The van der Waals surface area contributed by atoms with Crippen LogP contribution < -0.4 is 0 Å². The van der Waals surface area contributed by atoms with Gasteiger partial charge in [0.1, 0.15) is 11.9 Å². The fourth-order valence-corrected chi connectivity index (χ4v) is 2.47. The summed E-state index contributed by atoms with van der Waals surface area (Å²) in [6, 6.07) is 6.89. The number of rotatable bonds is 2. The highest BCUT2D eigenvalue weighted by Crippen LogP contribution is 2.26. The molecule has 1 aliphatic heterocycles. The van der Waals surface area contributed by atoms with Crippen LogP contribution in [0.25, 0.3) is 0 Å². The number of likely N-dealkylation sites (tertiary alicyclic amines) is 1. The molecule has 90 valence electrons. The molecule has 2 rings (SSSR count). The van der Waals surface area contributed by atoms with Crippen LogP contribution in [0.1, 0.15) is 30.9 Å². The lowest BCUT2D eigenvalue weighted by atomic mass is 10.0. The Bertz CT molecular complexity index is 436. The van der Waals surface area contributed by atoms with Crippen molar-refractivity contribution in [1.29, 1.82) is 5.26 Å². The third kappa shape index (κ3) is 2.85. The Morgan fingerprint density at radius 3 is 2.59 bits per heavy atom. The molecule has 0 aliphatic carbocycles. The number of nitriles is 1. The summed E-state index contributed by atoms with van der Waals surface area (Å²) >= 11 is 3.12. The quantitative estimate of drug-likeness (QED) is 0.833. The van der Waals surface area contributed by atoms with E-state index in [2.05, 4.69) is 26.9 Å². The van der Waals surface area contributed by atoms with Gasteiger partial charge in [-0.15, -0.1) is 0 Å². The number of nitrogens with zero attached hydrogens (tertiary/aromatic N) is 2. The van der Waals surface area contributed by atoms with E-state index in [1.165, 1.54) is 12.5 Å². The van der Waals surface area contributed by atoms with E-state index in [9.17, 15) is 9.65 Å². The maximum atomic E-state index is 13.5. The Hall–Kier alpha value is -0.920. The average Bonchev–Trinajstić information content (AvgIpc) is 2.36. The summed E-state index contributed by atoms with van der Waals surface area (Å²) in [5, 5.41) is 9.27. The Balaban J connectivity index is 2.22. The molecular weight excluding hydrogens is 283 g/mol. The second-order valence-corrected chi connectivity index (χ2v) is 5.16. The smallest absolute Gasteiger partial charge is 0.137 e. The van der Waals surface area contributed by atoms with E-state index >= 15 is 0 Å². The Morgan fingerprint density at radius 1 is 1.29 bits per heavy atom. The van der Waals surface area contributed by atoms with Gasteiger partial charge in [-0.3, -0.25) is 4.90 Å². The van der Waals surface area contributed by atoms with Crippen molar-refractivity contribution < 1.29 is 4.39 Å². The summed E-state index contributed by atoms with van der Waals surface area (Å²) in [5.41, 5.74) is 0.745. The lowest BCUT2D eigenvalue weighted by molar-refractivity contribution is 0.196. The molecule has 0 N–H and O–H groups in total. The van der Waals surface area contributed by atoms with Gasteiger partial charge in [0.2, 0.25) is 0 Å². The van der Waals surface area contributed by atoms with Crippen LogP contribution in [0, 0.1) is 17.1 Å². The van der Waals surface area contributed by atoms with Gasteiger partial charge in [-0.05, 0) is 59.6 Å². The third-order valence-corrected chi connectivity index (χ3v) is 3.78. The van der Waals surface area contributed by atoms with Crippen LogP contribution in [0.15, 0.2) is 22.7 Å². The molecule has 1 aliphatic rings. The first-order valence-electron chi connectivity index (χ1n) is 5.81. The summed E-state index contributed by atoms with van der Waals surface area (Å²) < 4.78 is 13.9. The number of hydrogen-bond acceptors (Lipinski definition) is 2. The Labute approximate surface area is 109 Å². The van der Waals surface area contributed by atoms with Crippen molar-refractivity contribution in [2.45, 2.75) is 25.3 Å². The van der Waals surface area contributed by atoms with Crippen LogP contribution >= 0.6 is 15.9 Å². The number of benzene rings is 1. The minimum Gasteiger partial charge on any atom is -0.284 e. The Kier molecular flexibility index (Phi) is 4.14. The Morgan fingerprint density at radius 2 is 2.00 bits per heavy atom. The minimum atomic E-state index is -0.321. The summed E-state index contributed by atoms with van der Waals surface area (Å²) in [6.07, 6.45) is 3.47. The van der Waals surface area contributed by atoms with Gasteiger partial charge in [-0.2, -0.15) is 5.26 Å². The fourth-order valence-electron chi connectivity index (χ4n) is 2.23. The zero-order chi connectivity index (χ0) is 12.3. The van der Waals surface area contributed by atoms with Crippen molar-refractivity contribution in [2.75, 3.05) is 13.1 Å². The van der Waals surface area contributed by atoms with Crippen molar-refractivity contribution in [1.82, 2.24) is 4.90 Å². The maximum Gasteiger partial charge on any atom is 0.137 e. The monoisotopic (exact) mass is 296 g/mol. The molecule has 0 bridgehead atoms. The molecule has 1 atom stereocenters. The number of hydrogen-bond donors (Lipinski definition) is 0. The van der Waals surface area contributed by atoms with Crippen LogP contribution in [-0.2, 0) is 0 Å². The first kappa shape index (κ1) is 12.5. The first-order chi connectivity index (χ1) is 8.22. The van der Waals surface area contributed by atoms with Crippen molar-refractivity contribution in [3.63, 3.8) is 0 Å². The van der Waals surface area contributed by atoms with Crippen LogP contribution in [0.5, 0.6) is 0 Å². The molecule has 0 radical (unpaired) electrons. The highest BCUT2D eigenvalue weighted by atomic mass is 79.9. The number of halogens is 2. The van der Waals surface area contributed by atoms with E-state index in [-0.39, 0.29) is 11.9 Å². The van der Waals surface area contributed by atoms with Gasteiger partial charge in [0, 0.05) is 0 Å². The van der Waals surface area contributed by atoms with E-state index < -0.39 is 0 Å². The maximum absolute atomic E-state index is 13.5. The van der Waals surface area contributed by atoms with E-state index in [1.54, 1.807) is 6.07 Å². The van der Waals surface area contributed by atoms with E-state index in [4.69, 9.17) is 0 Å².